The number of anilines is 2. The Morgan fingerprint density at radius 3 is 2.61 bits per heavy atom. The number of rotatable bonds is 3. The third-order valence-corrected chi connectivity index (χ3v) is 2.66. The molecule has 0 atom stereocenters. The summed E-state index contributed by atoms with van der Waals surface area (Å²) in [6, 6.07) is 10.8. The minimum Gasteiger partial charge on any atom is -0.372 e. The molecule has 4 nitrogen and oxygen atoms in total. The molecule has 0 bridgehead atoms. The Kier molecular flexibility index (Phi) is 3.79. The molecule has 0 saturated heterocycles. The minimum absolute atomic E-state index is 0.238. The zero-order valence-electron chi connectivity index (χ0n) is 9.77. The predicted octanol–water partition coefficient (Wildman–Crippen LogP) is 3.03. The molecule has 1 heterocycles. The molecule has 1 amide bonds. The van der Waals surface area contributed by atoms with E-state index in [-0.39, 0.29) is 5.91 Å². The molecule has 5 heteroatoms. The number of aromatic nitrogens is 1. The molecule has 2 rings (SSSR count). The highest BCUT2D eigenvalue weighted by Gasteiger charge is 2.09. The Labute approximate surface area is 110 Å². The van der Waals surface area contributed by atoms with Crippen LogP contribution in [0.4, 0.5) is 11.5 Å². The highest BCUT2D eigenvalue weighted by molar-refractivity contribution is 6.33. The Hall–Kier alpha value is -2.07. The van der Waals surface area contributed by atoms with Gasteiger partial charge in [0.15, 0.2) is 0 Å². The maximum atomic E-state index is 11.9. The Morgan fingerprint density at radius 1 is 1.28 bits per heavy atom. The van der Waals surface area contributed by atoms with Crippen LogP contribution in [0, 0.1) is 0 Å². The first-order chi connectivity index (χ1) is 8.70. The number of carbonyl (C=O) groups excluding carboxylic acids is 1. The van der Waals surface area contributed by atoms with E-state index in [2.05, 4.69) is 15.6 Å². The maximum Gasteiger partial charge on any atom is 0.257 e. The topological polar surface area (TPSA) is 54.0 Å². The Bertz CT molecular complexity index is 557. The van der Waals surface area contributed by atoms with E-state index in [1.807, 2.05) is 30.3 Å². The summed E-state index contributed by atoms with van der Waals surface area (Å²) in [5.41, 5.74) is 1.15. The molecule has 0 radical (unpaired) electrons. The van der Waals surface area contributed by atoms with Crippen LogP contribution in [0.1, 0.15) is 10.4 Å². The number of para-hydroxylation sites is 1. The maximum absolute atomic E-state index is 11.9. The van der Waals surface area contributed by atoms with E-state index in [9.17, 15) is 4.79 Å². The molecular weight excluding hydrogens is 250 g/mol. The summed E-state index contributed by atoms with van der Waals surface area (Å²) in [5, 5.41) is 6.02. The summed E-state index contributed by atoms with van der Waals surface area (Å²) in [7, 11) is 1.72. The van der Waals surface area contributed by atoms with Gasteiger partial charge in [0.1, 0.15) is 5.82 Å². The van der Waals surface area contributed by atoms with E-state index in [1.54, 1.807) is 13.1 Å². The predicted molar refractivity (Wildman–Crippen MR) is 73.2 cm³/mol. The first-order valence-corrected chi connectivity index (χ1v) is 5.78. The third kappa shape index (κ3) is 2.78. The van der Waals surface area contributed by atoms with Crippen molar-refractivity contribution in [3.8, 4) is 0 Å². The van der Waals surface area contributed by atoms with Gasteiger partial charge in [-0.05, 0) is 18.2 Å². The number of hydrogen-bond acceptors (Lipinski definition) is 3. The molecule has 2 aromatic rings. The zero-order chi connectivity index (χ0) is 13.0. The number of pyridine rings is 1. The number of nitrogens with one attached hydrogen (secondary N) is 2. The standard InChI is InChI=1S/C13H12ClN3O/c1-15-12-11(14)7-9(8-16-12)13(18)17-10-5-3-2-4-6-10/h2-8H,1H3,(H,15,16)(H,17,18). The largest absolute Gasteiger partial charge is 0.372 e. The SMILES string of the molecule is CNc1ncc(C(=O)Nc2ccccc2)cc1Cl. The smallest absolute Gasteiger partial charge is 0.257 e. The van der Waals surface area contributed by atoms with Crippen molar-refractivity contribution >= 4 is 29.0 Å². The lowest BCUT2D eigenvalue weighted by atomic mass is 10.2. The molecule has 0 fully saturated rings. The van der Waals surface area contributed by atoms with Crippen LogP contribution >= 0.6 is 11.6 Å². The van der Waals surface area contributed by atoms with Crippen LogP contribution in [0.2, 0.25) is 5.02 Å². The van der Waals surface area contributed by atoms with Crippen molar-refractivity contribution in [3.63, 3.8) is 0 Å². The number of amides is 1. The molecule has 92 valence electrons. The van der Waals surface area contributed by atoms with Gasteiger partial charge in [0.2, 0.25) is 0 Å². The Morgan fingerprint density at radius 2 is 2.00 bits per heavy atom. The van der Waals surface area contributed by atoms with Gasteiger partial charge >= 0.3 is 0 Å². The molecule has 1 aromatic carbocycles. The van der Waals surface area contributed by atoms with Crippen LogP contribution < -0.4 is 10.6 Å². The molecule has 0 aliphatic heterocycles. The lowest BCUT2D eigenvalue weighted by molar-refractivity contribution is 0.102. The molecule has 0 saturated carbocycles. The summed E-state index contributed by atoms with van der Waals surface area (Å²) in [4.78, 5) is 16.0. The summed E-state index contributed by atoms with van der Waals surface area (Å²) >= 11 is 5.97. The van der Waals surface area contributed by atoms with Gasteiger partial charge in [-0.3, -0.25) is 4.79 Å². The number of benzene rings is 1. The number of halogens is 1. The molecule has 0 aliphatic carbocycles. The average molecular weight is 262 g/mol. The van der Waals surface area contributed by atoms with Gasteiger partial charge in [-0.1, -0.05) is 29.8 Å². The van der Waals surface area contributed by atoms with E-state index in [0.29, 0.717) is 16.4 Å². The second kappa shape index (κ2) is 5.51. The van der Waals surface area contributed by atoms with Gasteiger partial charge < -0.3 is 10.6 Å². The van der Waals surface area contributed by atoms with E-state index in [0.717, 1.165) is 5.69 Å². The summed E-state index contributed by atoms with van der Waals surface area (Å²) in [6.45, 7) is 0. The quantitative estimate of drug-likeness (QED) is 0.893. The fraction of sp³-hybridized carbons (Fsp3) is 0.0769. The van der Waals surface area contributed by atoms with Crippen LogP contribution in [0.3, 0.4) is 0 Å². The van der Waals surface area contributed by atoms with E-state index in [4.69, 9.17) is 11.6 Å². The van der Waals surface area contributed by atoms with Crippen LogP contribution in [-0.4, -0.2) is 17.9 Å². The normalized spacial score (nSPS) is 9.89. The van der Waals surface area contributed by atoms with Crippen molar-refractivity contribution in [2.45, 2.75) is 0 Å². The van der Waals surface area contributed by atoms with Crippen LogP contribution in [0.15, 0.2) is 42.6 Å². The first-order valence-electron chi connectivity index (χ1n) is 5.40. The van der Waals surface area contributed by atoms with Crippen molar-refractivity contribution in [3.05, 3.63) is 53.2 Å². The number of carbonyl (C=O) groups is 1. The number of nitrogens with zero attached hydrogens (tertiary/aromatic N) is 1. The van der Waals surface area contributed by atoms with E-state index in [1.165, 1.54) is 6.20 Å². The molecule has 0 spiro atoms. The molecular formula is C13H12ClN3O. The second-order valence-electron chi connectivity index (χ2n) is 3.62. The van der Waals surface area contributed by atoms with Crippen molar-refractivity contribution in [1.29, 1.82) is 0 Å². The van der Waals surface area contributed by atoms with Crippen LogP contribution in [-0.2, 0) is 0 Å². The molecule has 18 heavy (non-hydrogen) atoms. The minimum atomic E-state index is -0.238. The monoisotopic (exact) mass is 261 g/mol. The van der Waals surface area contributed by atoms with Gasteiger partial charge in [0, 0.05) is 18.9 Å². The molecule has 0 unspecified atom stereocenters. The van der Waals surface area contributed by atoms with Gasteiger partial charge in [0.05, 0.1) is 10.6 Å². The van der Waals surface area contributed by atoms with E-state index < -0.39 is 0 Å². The van der Waals surface area contributed by atoms with Gasteiger partial charge in [-0.2, -0.15) is 0 Å². The Balaban J connectivity index is 2.17. The summed E-state index contributed by atoms with van der Waals surface area (Å²) in [6.07, 6.45) is 1.48. The third-order valence-electron chi connectivity index (χ3n) is 2.37. The van der Waals surface area contributed by atoms with Crippen molar-refractivity contribution < 1.29 is 4.79 Å². The van der Waals surface area contributed by atoms with Crippen molar-refractivity contribution in [2.24, 2.45) is 0 Å². The lowest BCUT2D eigenvalue weighted by Gasteiger charge is -2.07. The van der Waals surface area contributed by atoms with Gasteiger partial charge in [-0.15, -0.1) is 0 Å². The van der Waals surface area contributed by atoms with Gasteiger partial charge in [-0.25, -0.2) is 4.98 Å². The molecule has 0 aliphatic rings. The van der Waals surface area contributed by atoms with Crippen LogP contribution in [0.5, 0.6) is 0 Å². The summed E-state index contributed by atoms with van der Waals surface area (Å²) in [5.74, 6) is 0.311. The summed E-state index contributed by atoms with van der Waals surface area (Å²) < 4.78 is 0. The van der Waals surface area contributed by atoms with Crippen molar-refractivity contribution in [1.82, 2.24) is 4.98 Å². The lowest BCUT2D eigenvalue weighted by Crippen LogP contribution is -2.12. The van der Waals surface area contributed by atoms with Crippen molar-refractivity contribution in [2.75, 3.05) is 17.7 Å². The molecule has 2 N–H and O–H groups in total. The molecule has 1 aromatic heterocycles. The van der Waals surface area contributed by atoms with Crippen LogP contribution in [0.25, 0.3) is 0 Å². The van der Waals surface area contributed by atoms with E-state index >= 15 is 0 Å². The second-order valence-corrected chi connectivity index (χ2v) is 4.03. The highest BCUT2D eigenvalue weighted by atomic mass is 35.5. The van der Waals surface area contributed by atoms with Gasteiger partial charge in [0.25, 0.3) is 5.91 Å². The first kappa shape index (κ1) is 12.4. The number of hydrogen-bond donors (Lipinski definition) is 2. The zero-order valence-corrected chi connectivity index (χ0v) is 10.5. The highest BCUT2D eigenvalue weighted by Crippen LogP contribution is 2.20. The fourth-order valence-corrected chi connectivity index (χ4v) is 1.73. The average Bonchev–Trinajstić information content (AvgIpc) is 2.39. The fourth-order valence-electron chi connectivity index (χ4n) is 1.47.